The Labute approximate surface area is 150 Å². The summed E-state index contributed by atoms with van der Waals surface area (Å²) in [5, 5.41) is 9.16. The van der Waals surface area contributed by atoms with Crippen molar-refractivity contribution in [3.63, 3.8) is 0 Å². The Morgan fingerprint density at radius 3 is 2.60 bits per heavy atom. The number of aliphatic hydroxyl groups excluding tert-OH is 1. The third-order valence-electron chi connectivity index (χ3n) is 3.62. The first kappa shape index (κ1) is 19.4. The number of aryl methyl sites for hydroxylation is 1. The maximum atomic E-state index is 12.5. The summed E-state index contributed by atoms with van der Waals surface area (Å²) in [6.07, 6.45) is -0.974. The standard InChI is InChI=1S/C19H21F2NO2S/c1-19(22,13-23)11-10-17-9-8-16(25-17)3-2-12-24-15-6-4-14(5-7-15)18(20)21/h4-9,18,23H,10-13,22H2,1H3. The summed E-state index contributed by atoms with van der Waals surface area (Å²) in [7, 11) is 0. The number of aliphatic hydroxyl groups is 1. The van der Waals surface area contributed by atoms with Crippen LogP contribution in [0.25, 0.3) is 0 Å². The summed E-state index contributed by atoms with van der Waals surface area (Å²) in [5.41, 5.74) is 5.32. The highest BCUT2D eigenvalue weighted by atomic mass is 32.1. The van der Waals surface area contributed by atoms with Crippen LogP contribution in [0, 0.1) is 11.8 Å². The van der Waals surface area contributed by atoms with Crippen LogP contribution in [0.15, 0.2) is 36.4 Å². The van der Waals surface area contributed by atoms with Crippen molar-refractivity contribution in [2.45, 2.75) is 31.7 Å². The second-order valence-electron chi connectivity index (χ2n) is 6.04. The normalized spacial score (nSPS) is 13.2. The lowest BCUT2D eigenvalue weighted by Crippen LogP contribution is -2.40. The molecule has 0 amide bonds. The van der Waals surface area contributed by atoms with Crippen molar-refractivity contribution >= 4 is 11.3 Å². The van der Waals surface area contributed by atoms with Crippen LogP contribution in [0.5, 0.6) is 5.75 Å². The molecule has 0 saturated carbocycles. The molecular weight excluding hydrogens is 344 g/mol. The molecule has 1 atom stereocenters. The smallest absolute Gasteiger partial charge is 0.263 e. The molecule has 0 aliphatic heterocycles. The SMILES string of the molecule is CC(N)(CO)CCc1ccc(C#CCOc2ccc(C(F)F)cc2)s1. The van der Waals surface area contributed by atoms with Crippen LogP contribution in [0.3, 0.4) is 0 Å². The fourth-order valence-electron chi connectivity index (χ4n) is 2.02. The molecule has 25 heavy (non-hydrogen) atoms. The van der Waals surface area contributed by atoms with Crippen LogP contribution in [-0.4, -0.2) is 23.9 Å². The van der Waals surface area contributed by atoms with Gasteiger partial charge in [0.05, 0.1) is 11.5 Å². The van der Waals surface area contributed by atoms with Gasteiger partial charge in [0.2, 0.25) is 0 Å². The molecule has 1 unspecified atom stereocenters. The van der Waals surface area contributed by atoms with E-state index < -0.39 is 12.0 Å². The molecule has 0 radical (unpaired) electrons. The van der Waals surface area contributed by atoms with Crippen molar-refractivity contribution in [3.8, 4) is 17.6 Å². The maximum Gasteiger partial charge on any atom is 0.263 e. The van der Waals surface area contributed by atoms with E-state index in [1.807, 2.05) is 19.1 Å². The van der Waals surface area contributed by atoms with Crippen LogP contribution < -0.4 is 10.5 Å². The summed E-state index contributed by atoms with van der Waals surface area (Å²) in [6, 6.07) is 9.66. The van der Waals surface area contributed by atoms with Crippen molar-refractivity contribution in [1.82, 2.24) is 0 Å². The largest absolute Gasteiger partial charge is 0.481 e. The average Bonchev–Trinajstić information content (AvgIpc) is 3.05. The average molecular weight is 365 g/mol. The molecule has 0 fully saturated rings. The van der Waals surface area contributed by atoms with Crippen molar-refractivity contribution in [2.75, 3.05) is 13.2 Å². The molecule has 1 aromatic heterocycles. The van der Waals surface area contributed by atoms with E-state index in [0.29, 0.717) is 12.2 Å². The maximum absolute atomic E-state index is 12.5. The number of nitrogens with two attached hydrogens (primary N) is 1. The van der Waals surface area contributed by atoms with E-state index in [9.17, 15) is 8.78 Å². The van der Waals surface area contributed by atoms with Crippen LogP contribution in [-0.2, 0) is 6.42 Å². The van der Waals surface area contributed by atoms with E-state index >= 15 is 0 Å². The van der Waals surface area contributed by atoms with Gasteiger partial charge in [-0.15, -0.1) is 11.3 Å². The molecule has 0 saturated heterocycles. The lowest BCUT2D eigenvalue weighted by molar-refractivity contribution is 0.151. The summed E-state index contributed by atoms with van der Waals surface area (Å²) < 4.78 is 30.3. The molecule has 0 bridgehead atoms. The predicted octanol–water partition coefficient (Wildman–Crippen LogP) is 3.76. The van der Waals surface area contributed by atoms with Gasteiger partial charge in [-0.1, -0.05) is 11.8 Å². The zero-order chi connectivity index (χ0) is 18.3. The topological polar surface area (TPSA) is 55.5 Å². The minimum absolute atomic E-state index is 0.0284. The number of hydrogen-bond donors (Lipinski definition) is 2. The summed E-state index contributed by atoms with van der Waals surface area (Å²) in [6.45, 7) is 1.97. The third-order valence-corrected chi connectivity index (χ3v) is 4.68. The van der Waals surface area contributed by atoms with E-state index in [4.69, 9.17) is 15.6 Å². The van der Waals surface area contributed by atoms with Crippen molar-refractivity contribution < 1.29 is 18.6 Å². The quantitative estimate of drug-likeness (QED) is 0.735. The van der Waals surface area contributed by atoms with Gasteiger partial charge in [0.1, 0.15) is 12.4 Å². The number of alkyl halides is 2. The van der Waals surface area contributed by atoms with E-state index in [0.717, 1.165) is 16.2 Å². The highest BCUT2D eigenvalue weighted by Gasteiger charge is 2.16. The highest BCUT2D eigenvalue weighted by Crippen LogP contribution is 2.22. The molecule has 2 aromatic rings. The van der Waals surface area contributed by atoms with Crippen molar-refractivity contribution in [1.29, 1.82) is 0 Å². The Morgan fingerprint density at radius 1 is 1.24 bits per heavy atom. The van der Waals surface area contributed by atoms with Gasteiger partial charge in [-0.2, -0.15) is 0 Å². The number of rotatable bonds is 7. The van der Waals surface area contributed by atoms with Gasteiger partial charge in [-0.25, -0.2) is 8.78 Å². The second kappa shape index (κ2) is 8.95. The Kier molecular flexibility index (Phi) is 6.94. The summed E-state index contributed by atoms with van der Waals surface area (Å²) in [4.78, 5) is 2.09. The van der Waals surface area contributed by atoms with Gasteiger partial charge in [0.25, 0.3) is 6.43 Å². The molecule has 3 N–H and O–H groups in total. The zero-order valence-electron chi connectivity index (χ0n) is 14.0. The first-order valence-corrected chi connectivity index (χ1v) is 8.69. The molecule has 134 valence electrons. The minimum atomic E-state index is -2.48. The predicted molar refractivity (Wildman–Crippen MR) is 96.1 cm³/mol. The zero-order valence-corrected chi connectivity index (χ0v) is 14.8. The van der Waals surface area contributed by atoms with Crippen LogP contribution in [0.4, 0.5) is 8.78 Å². The lowest BCUT2D eigenvalue weighted by atomic mass is 9.98. The number of halogens is 2. The molecule has 3 nitrogen and oxygen atoms in total. The molecule has 0 aliphatic rings. The van der Waals surface area contributed by atoms with E-state index in [1.165, 1.54) is 24.3 Å². The number of hydrogen-bond acceptors (Lipinski definition) is 4. The molecular formula is C19H21F2NO2S. The Bertz CT molecular complexity index is 730. The van der Waals surface area contributed by atoms with Crippen LogP contribution >= 0.6 is 11.3 Å². The third kappa shape index (κ3) is 6.46. The number of ether oxygens (including phenoxy) is 1. The van der Waals surface area contributed by atoms with E-state index in [2.05, 4.69) is 11.8 Å². The van der Waals surface area contributed by atoms with Crippen LogP contribution in [0.2, 0.25) is 0 Å². The van der Waals surface area contributed by atoms with E-state index in [1.54, 1.807) is 11.3 Å². The molecule has 1 heterocycles. The molecule has 0 spiro atoms. The number of thiophene rings is 1. The summed E-state index contributed by atoms with van der Waals surface area (Å²) in [5.74, 6) is 6.44. The highest BCUT2D eigenvalue weighted by molar-refractivity contribution is 7.12. The molecule has 0 aliphatic carbocycles. The first-order chi connectivity index (χ1) is 11.9. The van der Waals surface area contributed by atoms with Crippen molar-refractivity contribution in [2.24, 2.45) is 5.73 Å². The van der Waals surface area contributed by atoms with Crippen molar-refractivity contribution in [3.05, 3.63) is 51.7 Å². The summed E-state index contributed by atoms with van der Waals surface area (Å²) >= 11 is 1.59. The molecule has 6 heteroatoms. The lowest BCUT2D eigenvalue weighted by Gasteiger charge is -2.20. The Balaban J connectivity index is 1.81. The molecule has 2 rings (SSSR count). The second-order valence-corrected chi connectivity index (χ2v) is 7.21. The fourth-order valence-corrected chi connectivity index (χ4v) is 2.90. The Morgan fingerprint density at radius 2 is 1.96 bits per heavy atom. The number of benzene rings is 1. The fraction of sp³-hybridized carbons (Fsp3) is 0.368. The van der Waals surface area contributed by atoms with Gasteiger partial charge >= 0.3 is 0 Å². The van der Waals surface area contributed by atoms with Gasteiger partial charge in [-0.05, 0) is 56.2 Å². The Hall–Kier alpha value is -1.94. The molecule has 1 aromatic carbocycles. The van der Waals surface area contributed by atoms with Gasteiger partial charge < -0.3 is 15.6 Å². The first-order valence-electron chi connectivity index (χ1n) is 7.88. The minimum Gasteiger partial charge on any atom is -0.481 e. The van der Waals surface area contributed by atoms with Gasteiger partial charge in [-0.3, -0.25) is 0 Å². The van der Waals surface area contributed by atoms with E-state index in [-0.39, 0.29) is 18.8 Å². The van der Waals surface area contributed by atoms with Gasteiger partial charge in [0, 0.05) is 16.0 Å². The van der Waals surface area contributed by atoms with Crippen LogP contribution in [0.1, 0.15) is 35.1 Å². The monoisotopic (exact) mass is 365 g/mol. The van der Waals surface area contributed by atoms with Gasteiger partial charge in [0.15, 0.2) is 0 Å².